The van der Waals surface area contributed by atoms with E-state index in [0.29, 0.717) is 23.7 Å². The summed E-state index contributed by atoms with van der Waals surface area (Å²) >= 11 is 5.80. The molecule has 0 bridgehead atoms. The van der Waals surface area contributed by atoms with Crippen molar-refractivity contribution in [3.8, 4) is 0 Å². The maximum atomic E-state index is 12.2. The lowest BCUT2D eigenvalue weighted by Crippen LogP contribution is -2.24. The van der Waals surface area contributed by atoms with Crippen LogP contribution in [-0.4, -0.2) is 28.4 Å². The summed E-state index contributed by atoms with van der Waals surface area (Å²) in [5.74, 6) is -0.387. The third-order valence-electron chi connectivity index (χ3n) is 2.84. The first-order chi connectivity index (χ1) is 9.65. The molecule has 0 atom stereocenters. The molecule has 1 aromatic heterocycles. The Kier molecular flexibility index (Phi) is 5.84. The smallest absolute Gasteiger partial charge is 0.355 e. The molecule has 0 aliphatic rings. The van der Waals surface area contributed by atoms with E-state index in [4.69, 9.17) is 21.1 Å². The number of nitrogens with one attached hydrogen (secondary N) is 1. The Bertz CT molecular complexity index is 529. The van der Waals surface area contributed by atoms with E-state index < -0.39 is 11.6 Å². The average Bonchev–Trinajstić information content (AvgIpc) is 2.63. The van der Waals surface area contributed by atoms with Gasteiger partial charge in [0.05, 0.1) is 5.69 Å². The number of halogens is 1. The summed E-state index contributed by atoms with van der Waals surface area (Å²) < 4.78 is 10.4. The molecule has 1 N–H and O–H groups in total. The lowest BCUT2D eigenvalue weighted by Gasteiger charge is -2.19. The zero-order valence-corrected chi connectivity index (χ0v) is 13.9. The monoisotopic (exact) mass is 315 g/mol. The third-order valence-corrected chi connectivity index (χ3v) is 3.02. The number of carbonyl (C=O) groups excluding carboxylic acids is 2. The fourth-order valence-corrected chi connectivity index (χ4v) is 2.15. The highest BCUT2D eigenvalue weighted by molar-refractivity contribution is 6.18. The van der Waals surface area contributed by atoms with Gasteiger partial charge in [0.1, 0.15) is 17.9 Å². The number of carbonyl (C=O) groups is 2. The lowest BCUT2D eigenvalue weighted by molar-refractivity contribution is -0.142. The van der Waals surface area contributed by atoms with Gasteiger partial charge in [-0.2, -0.15) is 0 Å². The van der Waals surface area contributed by atoms with E-state index in [9.17, 15) is 9.59 Å². The molecule has 21 heavy (non-hydrogen) atoms. The molecule has 1 aromatic rings. The van der Waals surface area contributed by atoms with Crippen molar-refractivity contribution in [1.82, 2.24) is 4.98 Å². The van der Waals surface area contributed by atoms with E-state index in [-0.39, 0.29) is 12.6 Å². The van der Waals surface area contributed by atoms with Crippen LogP contribution in [0, 0.1) is 6.92 Å². The fraction of sp³-hybridized carbons (Fsp3) is 0.600. The number of esters is 2. The molecular weight excluding hydrogens is 294 g/mol. The molecule has 0 saturated heterocycles. The van der Waals surface area contributed by atoms with Crippen LogP contribution in [-0.2, 0) is 27.3 Å². The second-order valence-corrected chi connectivity index (χ2v) is 6.18. The lowest BCUT2D eigenvalue weighted by atomic mass is 10.1. The van der Waals surface area contributed by atoms with Gasteiger partial charge < -0.3 is 14.5 Å². The van der Waals surface area contributed by atoms with Crippen LogP contribution in [0.5, 0.6) is 0 Å². The number of aromatic amines is 1. The minimum atomic E-state index is -0.572. The molecule has 0 fully saturated rings. The highest BCUT2D eigenvalue weighted by Crippen LogP contribution is 2.23. The quantitative estimate of drug-likeness (QED) is 0.669. The molecule has 6 heteroatoms. The first-order valence-electron chi connectivity index (χ1n) is 6.78. The minimum absolute atomic E-state index is 0.0885. The topological polar surface area (TPSA) is 68.4 Å². The van der Waals surface area contributed by atoms with Crippen molar-refractivity contribution in [2.45, 2.75) is 53.2 Å². The molecule has 0 aliphatic carbocycles. The molecule has 0 saturated carbocycles. The van der Waals surface area contributed by atoms with Crippen molar-refractivity contribution in [3.05, 3.63) is 22.5 Å². The molecule has 1 rings (SSSR count). The fourth-order valence-electron chi connectivity index (χ4n) is 1.96. The van der Waals surface area contributed by atoms with Crippen LogP contribution in [0.15, 0.2) is 0 Å². The predicted molar refractivity (Wildman–Crippen MR) is 80.6 cm³/mol. The summed E-state index contributed by atoms with van der Waals surface area (Å²) in [5.41, 5.74) is 2.17. The van der Waals surface area contributed by atoms with E-state index >= 15 is 0 Å². The van der Waals surface area contributed by atoms with Gasteiger partial charge in [0.15, 0.2) is 0 Å². The second-order valence-electron chi connectivity index (χ2n) is 5.80. The predicted octanol–water partition coefficient (Wildman–Crippen LogP) is 3.12. The molecule has 0 amide bonds. The van der Waals surface area contributed by atoms with E-state index in [1.165, 1.54) is 6.92 Å². The van der Waals surface area contributed by atoms with Crippen molar-refractivity contribution in [3.63, 3.8) is 0 Å². The number of alkyl halides is 1. The van der Waals surface area contributed by atoms with Crippen molar-refractivity contribution < 1.29 is 19.1 Å². The van der Waals surface area contributed by atoms with E-state index in [2.05, 4.69) is 4.98 Å². The van der Waals surface area contributed by atoms with Crippen LogP contribution in [0.2, 0.25) is 0 Å². The molecule has 0 aromatic carbocycles. The van der Waals surface area contributed by atoms with Gasteiger partial charge >= 0.3 is 11.9 Å². The minimum Gasteiger partial charge on any atom is -0.459 e. The van der Waals surface area contributed by atoms with Gasteiger partial charge in [0.25, 0.3) is 0 Å². The number of hydrogen-bond donors (Lipinski definition) is 1. The Balaban J connectivity index is 3.07. The Morgan fingerprint density at radius 2 is 1.90 bits per heavy atom. The maximum Gasteiger partial charge on any atom is 0.355 e. The molecule has 1 heterocycles. The summed E-state index contributed by atoms with van der Waals surface area (Å²) in [6.07, 6.45) is 0.587. The van der Waals surface area contributed by atoms with E-state index in [1.807, 2.05) is 27.7 Å². The van der Waals surface area contributed by atoms with Crippen LogP contribution in [0.4, 0.5) is 0 Å². The molecule has 118 valence electrons. The molecular formula is C15H22ClNO4. The number of ether oxygens (including phenoxy) is 2. The molecule has 0 radical (unpaired) electrons. The average molecular weight is 316 g/mol. The zero-order chi connectivity index (χ0) is 16.2. The van der Waals surface area contributed by atoms with Gasteiger partial charge in [0, 0.05) is 12.8 Å². The second kappa shape index (κ2) is 6.98. The Morgan fingerprint density at radius 3 is 2.38 bits per heavy atom. The summed E-state index contributed by atoms with van der Waals surface area (Å²) in [6, 6.07) is 0. The number of rotatable bonds is 5. The SMILES string of the molecule is CC(=O)OCc1[nH]c(C(=O)OC(C)(C)C)c(C)c1CCCl. The molecule has 0 spiro atoms. The highest BCUT2D eigenvalue weighted by atomic mass is 35.5. The van der Waals surface area contributed by atoms with Crippen LogP contribution < -0.4 is 0 Å². The third kappa shape index (κ3) is 5.08. The van der Waals surface area contributed by atoms with E-state index in [1.54, 1.807) is 0 Å². The summed E-state index contributed by atoms with van der Waals surface area (Å²) in [6.45, 7) is 8.68. The summed E-state index contributed by atoms with van der Waals surface area (Å²) in [5, 5.41) is 0. The number of H-pyrrole nitrogens is 1. The normalized spacial score (nSPS) is 11.3. The van der Waals surface area contributed by atoms with Gasteiger partial charge in [-0.25, -0.2) is 4.79 Å². The van der Waals surface area contributed by atoms with Crippen molar-refractivity contribution >= 4 is 23.5 Å². The standard InChI is InChI=1S/C15H22ClNO4/c1-9-11(6-7-16)12(8-20-10(2)18)17-13(9)14(19)21-15(3,4)5/h17H,6-8H2,1-5H3. The van der Waals surface area contributed by atoms with Gasteiger partial charge in [-0.3, -0.25) is 4.79 Å². The van der Waals surface area contributed by atoms with E-state index in [0.717, 1.165) is 11.1 Å². The Hall–Kier alpha value is -1.49. The van der Waals surface area contributed by atoms with Gasteiger partial charge in [0.2, 0.25) is 0 Å². The maximum absolute atomic E-state index is 12.2. The van der Waals surface area contributed by atoms with Crippen LogP contribution in [0.3, 0.4) is 0 Å². The van der Waals surface area contributed by atoms with Crippen molar-refractivity contribution in [1.29, 1.82) is 0 Å². The van der Waals surface area contributed by atoms with Gasteiger partial charge in [-0.05, 0) is 45.2 Å². The van der Waals surface area contributed by atoms with Crippen molar-refractivity contribution in [2.24, 2.45) is 0 Å². The number of hydrogen-bond acceptors (Lipinski definition) is 4. The van der Waals surface area contributed by atoms with Crippen molar-refractivity contribution in [2.75, 3.05) is 5.88 Å². The largest absolute Gasteiger partial charge is 0.459 e. The molecule has 0 unspecified atom stereocenters. The van der Waals surface area contributed by atoms with Crippen LogP contribution in [0.25, 0.3) is 0 Å². The first-order valence-corrected chi connectivity index (χ1v) is 7.32. The Morgan fingerprint density at radius 1 is 1.29 bits per heavy atom. The summed E-state index contributed by atoms with van der Waals surface area (Å²) in [4.78, 5) is 26.1. The zero-order valence-electron chi connectivity index (χ0n) is 13.1. The summed E-state index contributed by atoms with van der Waals surface area (Å²) in [7, 11) is 0. The van der Waals surface area contributed by atoms with Gasteiger partial charge in [-0.15, -0.1) is 11.6 Å². The van der Waals surface area contributed by atoms with Gasteiger partial charge in [-0.1, -0.05) is 0 Å². The molecule has 0 aliphatic heterocycles. The molecule has 5 nitrogen and oxygen atoms in total. The highest BCUT2D eigenvalue weighted by Gasteiger charge is 2.24. The van der Waals surface area contributed by atoms with Crippen LogP contribution >= 0.6 is 11.6 Å². The first kappa shape index (κ1) is 17.6. The Labute approximate surface area is 130 Å². The van der Waals surface area contributed by atoms with Crippen LogP contribution in [0.1, 0.15) is 55.0 Å². The number of aromatic nitrogens is 1.